The number of carboxylic acids is 2. The van der Waals surface area contributed by atoms with E-state index in [9.17, 15) is 18.8 Å². The van der Waals surface area contributed by atoms with Gasteiger partial charge in [-0.05, 0) is 12.1 Å². The first-order valence-corrected chi connectivity index (χ1v) is 5.53. The molecule has 0 saturated heterocycles. The van der Waals surface area contributed by atoms with E-state index in [0.29, 0.717) is 0 Å². The number of aliphatic carboxylic acids is 2. The number of benzene rings is 1. The van der Waals surface area contributed by atoms with Crippen LogP contribution in [0.1, 0.15) is 15.9 Å². The normalized spacial score (nSPS) is 10.5. The van der Waals surface area contributed by atoms with Crippen LogP contribution in [0.3, 0.4) is 0 Å². The Morgan fingerprint density at radius 2 is 1.70 bits per heavy atom. The first-order chi connectivity index (χ1) is 9.29. The van der Waals surface area contributed by atoms with Gasteiger partial charge in [0.1, 0.15) is 5.82 Å². The van der Waals surface area contributed by atoms with E-state index < -0.39 is 36.8 Å². The average Bonchev–Trinajstić information content (AvgIpc) is 2.29. The zero-order valence-corrected chi connectivity index (χ0v) is 10.4. The Balaban J connectivity index is 2.90. The smallest absolute Gasteiger partial charge is 0.317 e. The molecule has 0 bridgehead atoms. The summed E-state index contributed by atoms with van der Waals surface area (Å²) in [6.45, 7) is -1.28. The van der Waals surface area contributed by atoms with Crippen molar-refractivity contribution in [3.63, 3.8) is 0 Å². The molecule has 108 valence electrons. The van der Waals surface area contributed by atoms with Crippen molar-refractivity contribution in [2.24, 2.45) is 5.73 Å². The zero-order chi connectivity index (χ0) is 15.3. The van der Waals surface area contributed by atoms with Crippen molar-refractivity contribution < 1.29 is 29.0 Å². The number of hydrogen-bond acceptors (Lipinski definition) is 4. The molecule has 20 heavy (non-hydrogen) atoms. The molecule has 0 radical (unpaired) electrons. The summed E-state index contributed by atoms with van der Waals surface area (Å²) in [6.07, 6.45) is 0. The van der Waals surface area contributed by atoms with Gasteiger partial charge < -0.3 is 15.9 Å². The molecule has 8 heteroatoms. The number of rotatable bonds is 7. The van der Waals surface area contributed by atoms with E-state index in [-0.39, 0.29) is 17.7 Å². The van der Waals surface area contributed by atoms with Crippen LogP contribution in [0, 0.1) is 5.82 Å². The molecule has 1 aromatic carbocycles. The second-order valence-electron chi connectivity index (χ2n) is 4.10. The lowest BCUT2D eigenvalue weighted by Crippen LogP contribution is -2.34. The maximum atomic E-state index is 13.7. The Labute approximate surface area is 113 Å². The second-order valence-corrected chi connectivity index (χ2v) is 4.10. The lowest BCUT2D eigenvalue weighted by molar-refractivity contribution is -0.142. The van der Waals surface area contributed by atoms with Gasteiger partial charge in [-0.15, -0.1) is 0 Å². The molecule has 0 atom stereocenters. The summed E-state index contributed by atoms with van der Waals surface area (Å²) in [5, 5.41) is 17.3. The fourth-order valence-electron chi connectivity index (χ4n) is 1.62. The van der Waals surface area contributed by atoms with Crippen molar-refractivity contribution in [1.29, 1.82) is 0 Å². The Morgan fingerprint density at radius 1 is 1.15 bits per heavy atom. The molecule has 1 aromatic rings. The fraction of sp³-hybridized carbons (Fsp3) is 0.250. The number of amides is 1. The largest absolute Gasteiger partial charge is 0.480 e. The SMILES string of the molecule is NC(=O)c1ccc(CN(CC(=O)O)CC(=O)O)c(F)c1. The third-order valence-electron chi connectivity index (χ3n) is 2.45. The van der Waals surface area contributed by atoms with Gasteiger partial charge in [-0.2, -0.15) is 0 Å². The molecule has 0 fully saturated rings. The zero-order valence-electron chi connectivity index (χ0n) is 10.4. The van der Waals surface area contributed by atoms with Crippen molar-refractivity contribution in [3.05, 3.63) is 35.1 Å². The first-order valence-electron chi connectivity index (χ1n) is 5.53. The van der Waals surface area contributed by atoms with E-state index in [1.54, 1.807) is 0 Å². The van der Waals surface area contributed by atoms with Gasteiger partial charge in [0.15, 0.2) is 0 Å². The van der Waals surface area contributed by atoms with E-state index in [0.717, 1.165) is 11.0 Å². The minimum atomic E-state index is -1.22. The molecule has 0 aromatic heterocycles. The van der Waals surface area contributed by atoms with Gasteiger partial charge >= 0.3 is 11.9 Å². The Bertz CT molecular complexity index is 531. The van der Waals surface area contributed by atoms with Crippen LogP contribution >= 0.6 is 0 Å². The van der Waals surface area contributed by atoms with E-state index in [2.05, 4.69) is 0 Å². The number of carbonyl (C=O) groups excluding carboxylic acids is 1. The number of nitrogens with zero attached hydrogens (tertiary/aromatic N) is 1. The number of carboxylic acid groups (broad SMARTS) is 2. The highest BCUT2D eigenvalue weighted by Crippen LogP contribution is 2.13. The van der Waals surface area contributed by atoms with E-state index in [1.807, 2.05) is 0 Å². The molecule has 0 spiro atoms. The van der Waals surface area contributed by atoms with Gasteiger partial charge in [0, 0.05) is 17.7 Å². The summed E-state index contributed by atoms with van der Waals surface area (Å²) in [7, 11) is 0. The Morgan fingerprint density at radius 3 is 2.10 bits per heavy atom. The second kappa shape index (κ2) is 6.62. The molecule has 1 amide bonds. The summed E-state index contributed by atoms with van der Waals surface area (Å²) in [5.74, 6) is -3.98. The Kier molecular flexibility index (Phi) is 5.15. The van der Waals surface area contributed by atoms with Crippen molar-refractivity contribution in [3.8, 4) is 0 Å². The minimum absolute atomic E-state index is 0.0192. The fourth-order valence-corrected chi connectivity index (χ4v) is 1.62. The molecule has 0 aliphatic heterocycles. The van der Waals surface area contributed by atoms with Crippen molar-refractivity contribution >= 4 is 17.8 Å². The number of nitrogens with two attached hydrogens (primary N) is 1. The van der Waals surface area contributed by atoms with Crippen LogP contribution < -0.4 is 5.73 Å². The average molecular weight is 284 g/mol. The standard InChI is InChI=1S/C12H13FN2O5/c13-9-3-7(12(14)20)1-2-8(9)4-15(5-10(16)17)6-11(18)19/h1-3H,4-6H2,(H2,14,20)(H,16,17)(H,18,19). The maximum Gasteiger partial charge on any atom is 0.317 e. The minimum Gasteiger partial charge on any atom is -0.480 e. The summed E-state index contributed by atoms with van der Waals surface area (Å²) in [4.78, 5) is 33.2. The van der Waals surface area contributed by atoms with Crippen molar-refractivity contribution in [2.75, 3.05) is 13.1 Å². The highest BCUT2D eigenvalue weighted by molar-refractivity contribution is 5.92. The first kappa shape index (κ1) is 15.6. The van der Waals surface area contributed by atoms with Crippen molar-refractivity contribution in [2.45, 2.75) is 6.54 Å². The van der Waals surface area contributed by atoms with Crippen LogP contribution in [-0.4, -0.2) is 46.0 Å². The highest BCUT2D eigenvalue weighted by atomic mass is 19.1. The molecule has 1 rings (SSSR count). The van der Waals surface area contributed by atoms with Gasteiger partial charge in [-0.3, -0.25) is 19.3 Å². The van der Waals surface area contributed by atoms with Gasteiger partial charge in [0.2, 0.25) is 5.91 Å². The van der Waals surface area contributed by atoms with E-state index >= 15 is 0 Å². The number of halogens is 1. The monoisotopic (exact) mass is 284 g/mol. The van der Waals surface area contributed by atoms with Gasteiger partial charge in [-0.1, -0.05) is 6.07 Å². The topological polar surface area (TPSA) is 121 Å². The van der Waals surface area contributed by atoms with Crippen LogP contribution in [0.5, 0.6) is 0 Å². The number of hydrogen-bond donors (Lipinski definition) is 3. The number of carbonyl (C=O) groups is 3. The molecular weight excluding hydrogens is 271 g/mol. The predicted molar refractivity (Wildman–Crippen MR) is 65.5 cm³/mol. The van der Waals surface area contributed by atoms with Crippen LogP contribution in [0.25, 0.3) is 0 Å². The lowest BCUT2D eigenvalue weighted by Gasteiger charge is -2.18. The summed E-state index contributed by atoms with van der Waals surface area (Å²) >= 11 is 0. The maximum absolute atomic E-state index is 13.7. The molecule has 0 aliphatic carbocycles. The quantitative estimate of drug-likeness (QED) is 0.642. The van der Waals surface area contributed by atoms with E-state index in [4.69, 9.17) is 15.9 Å². The van der Waals surface area contributed by atoms with Crippen LogP contribution in [0.4, 0.5) is 4.39 Å². The van der Waals surface area contributed by atoms with Crippen LogP contribution in [-0.2, 0) is 16.1 Å². The summed E-state index contributed by atoms with van der Waals surface area (Å²) < 4.78 is 13.7. The van der Waals surface area contributed by atoms with Gasteiger partial charge in [0.05, 0.1) is 13.1 Å². The van der Waals surface area contributed by atoms with Crippen LogP contribution in [0.2, 0.25) is 0 Å². The van der Waals surface area contributed by atoms with Gasteiger partial charge in [0.25, 0.3) is 0 Å². The summed E-state index contributed by atoms with van der Waals surface area (Å²) in [6, 6.07) is 3.49. The predicted octanol–water partition coefficient (Wildman–Crippen LogP) is -0.104. The van der Waals surface area contributed by atoms with Crippen molar-refractivity contribution in [1.82, 2.24) is 4.90 Å². The van der Waals surface area contributed by atoms with Crippen LogP contribution in [0.15, 0.2) is 18.2 Å². The molecule has 0 heterocycles. The Hall–Kier alpha value is -2.48. The molecule has 0 saturated carbocycles. The molecular formula is C12H13FN2O5. The third kappa shape index (κ3) is 4.65. The lowest BCUT2D eigenvalue weighted by atomic mass is 10.1. The van der Waals surface area contributed by atoms with E-state index in [1.165, 1.54) is 12.1 Å². The third-order valence-corrected chi connectivity index (χ3v) is 2.45. The molecule has 0 aliphatic rings. The summed E-state index contributed by atoms with van der Waals surface area (Å²) in [5.41, 5.74) is 5.06. The van der Waals surface area contributed by atoms with Gasteiger partial charge in [-0.25, -0.2) is 4.39 Å². The highest BCUT2D eigenvalue weighted by Gasteiger charge is 2.16. The molecule has 4 N–H and O–H groups in total. The molecule has 7 nitrogen and oxygen atoms in total. The number of primary amides is 1. The molecule has 0 unspecified atom stereocenters.